The van der Waals surface area contributed by atoms with Gasteiger partial charge in [0.25, 0.3) is 5.91 Å². The molecule has 1 atom stereocenters. The third-order valence-electron chi connectivity index (χ3n) is 5.07. The van der Waals surface area contributed by atoms with Crippen LogP contribution in [0.4, 0.5) is 0 Å². The molecule has 0 radical (unpaired) electrons. The van der Waals surface area contributed by atoms with Crippen molar-refractivity contribution >= 4 is 29.6 Å². The monoisotopic (exact) mass is 500 g/mol. The van der Waals surface area contributed by atoms with Crippen LogP contribution < -0.4 is 34.7 Å². The number of hydrogen-bond donors (Lipinski definition) is 3. The number of allylic oxidation sites excluding steroid dienone is 1. The van der Waals surface area contributed by atoms with Crippen LogP contribution in [0.1, 0.15) is 22.3 Å². The van der Waals surface area contributed by atoms with Crippen molar-refractivity contribution in [1.29, 1.82) is 0 Å². The van der Waals surface area contributed by atoms with E-state index in [1.807, 2.05) is 0 Å². The van der Waals surface area contributed by atoms with Gasteiger partial charge < -0.3 is 39.8 Å². The first-order valence-electron chi connectivity index (χ1n) is 10.5. The van der Waals surface area contributed by atoms with Crippen LogP contribution >= 0.6 is 0 Å². The number of rotatable bonds is 11. The average Bonchev–Trinajstić information content (AvgIpc) is 3.15. The van der Waals surface area contributed by atoms with Crippen molar-refractivity contribution in [3.8, 4) is 28.7 Å². The Balaban J connectivity index is 1.74. The largest absolute Gasteiger partial charge is 0.496 e. The maximum absolute atomic E-state index is 12.8. The second kappa shape index (κ2) is 11.1. The smallest absolute Gasteiger partial charge is 0.326 e. The zero-order valence-corrected chi connectivity index (χ0v) is 19.7. The number of benzene rings is 2. The number of primary amides is 1. The van der Waals surface area contributed by atoms with Crippen LogP contribution in [0.5, 0.6) is 28.7 Å². The highest BCUT2D eigenvalue weighted by Gasteiger charge is 2.29. The van der Waals surface area contributed by atoms with Crippen LogP contribution in [0, 0.1) is 0 Å². The van der Waals surface area contributed by atoms with E-state index in [1.54, 1.807) is 12.1 Å². The molecule has 1 heterocycles. The number of carbonyl (C=O) groups excluding carboxylic acids is 3. The van der Waals surface area contributed by atoms with Gasteiger partial charge in [-0.15, -0.1) is 0 Å². The van der Waals surface area contributed by atoms with E-state index in [9.17, 15) is 19.2 Å². The zero-order valence-electron chi connectivity index (χ0n) is 19.7. The number of carboxylic acid groups (broad SMARTS) is 1. The van der Waals surface area contributed by atoms with Crippen molar-refractivity contribution in [3.05, 3.63) is 47.2 Å². The molecule has 3 rings (SSSR count). The average molecular weight is 500 g/mol. The summed E-state index contributed by atoms with van der Waals surface area (Å²) in [5.74, 6) is -1.68. The van der Waals surface area contributed by atoms with Gasteiger partial charge in [-0.05, 0) is 24.3 Å². The number of carboxylic acids is 1. The minimum Gasteiger partial charge on any atom is -0.496 e. The fourth-order valence-corrected chi connectivity index (χ4v) is 3.35. The number of nitrogens with two attached hydrogens (primary N) is 1. The van der Waals surface area contributed by atoms with Crippen molar-refractivity contribution in [1.82, 2.24) is 5.32 Å². The lowest BCUT2D eigenvalue weighted by molar-refractivity contribution is -0.143. The number of amides is 2. The van der Waals surface area contributed by atoms with Gasteiger partial charge in [-0.3, -0.25) is 14.4 Å². The number of nitrogens with one attached hydrogen (secondary N) is 1. The Morgan fingerprint density at radius 3 is 2.33 bits per heavy atom. The first-order chi connectivity index (χ1) is 17.2. The topological polar surface area (TPSA) is 173 Å². The zero-order chi connectivity index (χ0) is 26.4. The summed E-state index contributed by atoms with van der Waals surface area (Å²) in [4.78, 5) is 47.0. The van der Waals surface area contributed by atoms with Crippen LogP contribution in [0.25, 0.3) is 6.08 Å². The molecule has 0 bridgehead atoms. The van der Waals surface area contributed by atoms with Crippen molar-refractivity contribution in [2.24, 2.45) is 5.73 Å². The van der Waals surface area contributed by atoms with Crippen LogP contribution in [0.15, 0.2) is 36.1 Å². The van der Waals surface area contributed by atoms with Gasteiger partial charge in [-0.2, -0.15) is 0 Å². The number of ketones is 1. The van der Waals surface area contributed by atoms with Crippen LogP contribution in [-0.2, 0) is 14.4 Å². The first kappa shape index (κ1) is 25.9. The predicted octanol–water partition coefficient (Wildman–Crippen LogP) is 1.15. The van der Waals surface area contributed by atoms with E-state index in [0.29, 0.717) is 22.8 Å². The molecule has 1 aliphatic heterocycles. The normalized spacial score (nSPS) is 13.9. The molecule has 1 unspecified atom stereocenters. The van der Waals surface area contributed by atoms with E-state index in [-0.39, 0.29) is 28.6 Å². The third kappa shape index (κ3) is 5.84. The Bertz CT molecular complexity index is 1240. The van der Waals surface area contributed by atoms with Crippen molar-refractivity contribution in [2.75, 3.05) is 27.9 Å². The molecule has 2 aromatic rings. The second-order valence-corrected chi connectivity index (χ2v) is 7.46. The van der Waals surface area contributed by atoms with Crippen LogP contribution in [-0.4, -0.2) is 62.7 Å². The predicted molar refractivity (Wildman–Crippen MR) is 124 cm³/mol. The molecule has 12 heteroatoms. The highest BCUT2D eigenvalue weighted by Crippen LogP contribution is 2.39. The molecule has 2 amide bonds. The SMILES string of the molecule is COc1cc(OC)c(OC)cc1C=C1Oc2cc(OCC(=O)NC(CC(N)=O)C(=O)O)ccc2C1=O. The summed E-state index contributed by atoms with van der Waals surface area (Å²) in [6.07, 6.45) is 0.942. The highest BCUT2D eigenvalue weighted by atomic mass is 16.5. The lowest BCUT2D eigenvalue weighted by atomic mass is 10.1. The molecule has 1 aliphatic rings. The number of aliphatic carboxylic acids is 1. The summed E-state index contributed by atoms with van der Waals surface area (Å²) in [5.41, 5.74) is 5.79. The van der Waals surface area contributed by atoms with E-state index in [4.69, 9.17) is 34.5 Å². The Kier molecular flexibility index (Phi) is 8.00. The first-order valence-corrected chi connectivity index (χ1v) is 10.5. The van der Waals surface area contributed by atoms with E-state index in [1.165, 1.54) is 45.6 Å². The van der Waals surface area contributed by atoms with Crippen molar-refractivity contribution in [2.45, 2.75) is 12.5 Å². The quantitative estimate of drug-likeness (QED) is 0.380. The molecule has 0 aromatic heterocycles. The number of hydrogen-bond acceptors (Lipinski definition) is 9. The second-order valence-electron chi connectivity index (χ2n) is 7.46. The molecular weight excluding hydrogens is 476 g/mol. The number of ether oxygens (including phenoxy) is 5. The Morgan fingerprint density at radius 1 is 1.06 bits per heavy atom. The van der Waals surface area contributed by atoms with Crippen LogP contribution in [0.3, 0.4) is 0 Å². The molecule has 2 aromatic carbocycles. The van der Waals surface area contributed by atoms with Gasteiger partial charge in [0, 0.05) is 17.7 Å². The van der Waals surface area contributed by atoms with E-state index in [2.05, 4.69) is 5.32 Å². The Labute approximate surface area is 205 Å². The summed E-state index contributed by atoms with van der Waals surface area (Å²) in [6.45, 7) is -0.541. The van der Waals surface area contributed by atoms with Gasteiger partial charge >= 0.3 is 5.97 Å². The fraction of sp³-hybridized carbons (Fsp3) is 0.250. The summed E-state index contributed by atoms with van der Waals surface area (Å²) in [5, 5.41) is 11.2. The number of Topliss-reactive ketones (excluding diaryl/α,β-unsaturated/α-hetero) is 1. The van der Waals surface area contributed by atoms with Gasteiger partial charge in [0.1, 0.15) is 23.3 Å². The molecule has 0 saturated carbocycles. The summed E-state index contributed by atoms with van der Waals surface area (Å²) in [6, 6.07) is 6.15. The van der Waals surface area contributed by atoms with E-state index in [0.717, 1.165) is 0 Å². The lowest BCUT2D eigenvalue weighted by Gasteiger charge is -2.13. The molecule has 190 valence electrons. The standard InChI is InChI=1S/C24H24N2O10/c1-32-16-10-19(34-3)18(33-2)6-12(16)7-20-23(29)14-5-4-13(8-17(14)36-20)35-11-22(28)26-15(24(30)31)9-21(25)27/h4-8,10,15H,9,11H2,1-3H3,(H2,25,27)(H,26,28)(H,30,31). The number of carbonyl (C=O) groups is 4. The third-order valence-corrected chi connectivity index (χ3v) is 5.07. The minimum atomic E-state index is -1.47. The molecule has 0 spiro atoms. The maximum Gasteiger partial charge on any atom is 0.326 e. The molecule has 0 aliphatic carbocycles. The fourth-order valence-electron chi connectivity index (χ4n) is 3.35. The summed E-state index contributed by atoms with van der Waals surface area (Å²) in [7, 11) is 4.45. The highest BCUT2D eigenvalue weighted by molar-refractivity contribution is 6.14. The number of fused-ring (bicyclic) bond motifs is 1. The van der Waals surface area contributed by atoms with E-state index < -0.39 is 36.9 Å². The molecule has 0 saturated heterocycles. The number of methoxy groups -OCH3 is 3. The van der Waals surface area contributed by atoms with Crippen molar-refractivity contribution < 1.29 is 48.0 Å². The van der Waals surface area contributed by atoms with Crippen molar-refractivity contribution in [3.63, 3.8) is 0 Å². The Hall–Kier alpha value is -4.74. The molecule has 4 N–H and O–H groups in total. The molecule has 0 fully saturated rings. The minimum absolute atomic E-state index is 0.0289. The van der Waals surface area contributed by atoms with Crippen LogP contribution in [0.2, 0.25) is 0 Å². The van der Waals surface area contributed by atoms with E-state index >= 15 is 0 Å². The van der Waals surface area contributed by atoms with Gasteiger partial charge in [0.2, 0.25) is 11.7 Å². The molecule has 12 nitrogen and oxygen atoms in total. The lowest BCUT2D eigenvalue weighted by Crippen LogP contribution is -2.45. The maximum atomic E-state index is 12.8. The molecule has 36 heavy (non-hydrogen) atoms. The van der Waals surface area contributed by atoms with Gasteiger partial charge in [-0.1, -0.05) is 0 Å². The molecular formula is C24H24N2O10. The summed E-state index contributed by atoms with van der Waals surface area (Å²) >= 11 is 0. The Morgan fingerprint density at radius 2 is 1.72 bits per heavy atom. The summed E-state index contributed by atoms with van der Waals surface area (Å²) < 4.78 is 27.0. The van der Waals surface area contributed by atoms with Gasteiger partial charge in [0.15, 0.2) is 23.9 Å². The van der Waals surface area contributed by atoms with Gasteiger partial charge in [-0.25, -0.2) is 4.79 Å². The van der Waals surface area contributed by atoms with Gasteiger partial charge in [0.05, 0.1) is 33.3 Å².